The van der Waals surface area contributed by atoms with Crippen LogP contribution in [0.3, 0.4) is 0 Å². The summed E-state index contributed by atoms with van der Waals surface area (Å²) in [4.78, 5) is 8.61. The van der Waals surface area contributed by atoms with Gasteiger partial charge in [-0.25, -0.2) is 9.97 Å². The van der Waals surface area contributed by atoms with E-state index in [1.54, 1.807) is 24.5 Å². The molecule has 5 heteroatoms. The predicted octanol–water partition coefficient (Wildman–Crippen LogP) is 5.22. The monoisotopic (exact) mass is 338 g/mol. The van der Waals surface area contributed by atoms with Crippen LogP contribution >= 0.6 is 0 Å². The first kappa shape index (κ1) is 16.8. The highest BCUT2D eigenvalue weighted by Gasteiger charge is 2.03. The zero-order chi connectivity index (χ0) is 17.6. The average molecular weight is 338 g/mol. The summed E-state index contributed by atoms with van der Waals surface area (Å²) in [5, 5.41) is 0. The number of nitrogens with zero attached hydrogens (tertiary/aromatic N) is 2. The molecule has 3 aromatic rings. The number of aryl methyl sites for hydroxylation is 1. The highest BCUT2D eigenvalue weighted by Crippen LogP contribution is 2.18. The molecular weight excluding hydrogens is 322 g/mol. The lowest BCUT2D eigenvalue weighted by molar-refractivity contribution is -0.0498. The number of hydrogen-bond donors (Lipinski definition) is 0. The van der Waals surface area contributed by atoms with Crippen molar-refractivity contribution in [3.63, 3.8) is 0 Å². The largest absolute Gasteiger partial charge is 0.435 e. The van der Waals surface area contributed by atoms with Crippen LogP contribution in [-0.2, 0) is 0 Å². The first-order valence-electron chi connectivity index (χ1n) is 7.72. The quantitative estimate of drug-likeness (QED) is 0.598. The first-order chi connectivity index (χ1) is 12.1. The molecule has 1 heterocycles. The zero-order valence-electron chi connectivity index (χ0n) is 13.6. The third-order valence-electron chi connectivity index (χ3n) is 3.52. The molecule has 0 bridgehead atoms. The number of rotatable bonds is 5. The van der Waals surface area contributed by atoms with Crippen molar-refractivity contribution in [2.75, 3.05) is 0 Å². The van der Waals surface area contributed by atoms with Gasteiger partial charge in [0, 0.05) is 18.0 Å². The summed E-state index contributed by atoms with van der Waals surface area (Å²) in [5.74, 6) is 0.838. The van der Waals surface area contributed by atoms with Crippen LogP contribution in [0.25, 0.3) is 23.5 Å². The standard InChI is InChI=1S/C20H16F2N2O/c1-14-12-23-19(24-13-14)17-8-4-15(5-9-17)2-3-16-6-10-18(11-7-16)25-20(21)22/h2-13,20H,1H3/b3-2+. The van der Waals surface area contributed by atoms with E-state index in [1.165, 1.54) is 12.1 Å². The summed E-state index contributed by atoms with van der Waals surface area (Å²) >= 11 is 0. The van der Waals surface area contributed by atoms with E-state index >= 15 is 0 Å². The van der Waals surface area contributed by atoms with Gasteiger partial charge in [-0.1, -0.05) is 48.6 Å². The van der Waals surface area contributed by atoms with Crippen molar-refractivity contribution in [2.24, 2.45) is 0 Å². The molecule has 3 rings (SSSR count). The van der Waals surface area contributed by atoms with Gasteiger partial charge in [-0.05, 0) is 35.7 Å². The summed E-state index contributed by atoms with van der Waals surface area (Å²) in [7, 11) is 0. The smallest absolute Gasteiger partial charge is 0.387 e. The molecule has 0 amide bonds. The minimum atomic E-state index is -2.81. The topological polar surface area (TPSA) is 35.0 Å². The molecule has 0 radical (unpaired) electrons. The van der Waals surface area contributed by atoms with E-state index in [4.69, 9.17) is 0 Å². The van der Waals surface area contributed by atoms with Crippen molar-refractivity contribution in [3.05, 3.63) is 77.6 Å². The van der Waals surface area contributed by atoms with Crippen molar-refractivity contribution in [3.8, 4) is 17.1 Å². The summed E-state index contributed by atoms with van der Waals surface area (Å²) in [6, 6.07) is 14.4. The number of halogens is 2. The van der Waals surface area contributed by atoms with Gasteiger partial charge < -0.3 is 4.74 Å². The number of benzene rings is 2. The van der Waals surface area contributed by atoms with Crippen molar-refractivity contribution in [1.82, 2.24) is 9.97 Å². The Morgan fingerprint density at radius 1 is 0.840 bits per heavy atom. The molecule has 0 aliphatic carbocycles. The Hall–Kier alpha value is -3.08. The Balaban J connectivity index is 1.68. The van der Waals surface area contributed by atoms with Crippen LogP contribution in [0, 0.1) is 6.92 Å². The molecule has 0 unspecified atom stereocenters. The highest BCUT2D eigenvalue weighted by molar-refractivity contribution is 5.71. The minimum absolute atomic E-state index is 0.148. The van der Waals surface area contributed by atoms with E-state index in [0.29, 0.717) is 5.82 Å². The zero-order valence-corrected chi connectivity index (χ0v) is 13.6. The van der Waals surface area contributed by atoms with Crippen molar-refractivity contribution < 1.29 is 13.5 Å². The van der Waals surface area contributed by atoms with Gasteiger partial charge in [0.1, 0.15) is 5.75 Å². The molecule has 0 aliphatic rings. The van der Waals surface area contributed by atoms with Gasteiger partial charge in [0.05, 0.1) is 0 Å². The molecule has 25 heavy (non-hydrogen) atoms. The number of hydrogen-bond acceptors (Lipinski definition) is 3. The molecule has 2 aromatic carbocycles. The van der Waals surface area contributed by atoms with Crippen molar-refractivity contribution >= 4 is 12.2 Å². The second-order valence-electron chi connectivity index (χ2n) is 5.49. The van der Waals surface area contributed by atoms with Crippen LogP contribution in [0.4, 0.5) is 8.78 Å². The van der Waals surface area contributed by atoms with E-state index in [9.17, 15) is 8.78 Å². The number of ether oxygens (including phenoxy) is 1. The van der Waals surface area contributed by atoms with Crippen LogP contribution < -0.4 is 4.74 Å². The third kappa shape index (κ3) is 4.70. The van der Waals surface area contributed by atoms with Gasteiger partial charge in [-0.2, -0.15) is 8.78 Å². The van der Waals surface area contributed by atoms with Crippen molar-refractivity contribution in [2.45, 2.75) is 13.5 Å². The Morgan fingerprint density at radius 3 is 1.88 bits per heavy atom. The molecule has 0 saturated heterocycles. The maximum Gasteiger partial charge on any atom is 0.387 e. The fourth-order valence-corrected chi connectivity index (χ4v) is 2.24. The molecule has 0 fully saturated rings. The second kappa shape index (κ2) is 7.66. The normalized spacial score (nSPS) is 11.2. The second-order valence-corrected chi connectivity index (χ2v) is 5.49. The van der Waals surface area contributed by atoms with Crippen LogP contribution in [0.1, 0.15) is 16.7 Å². The molecule has 0 aliphatic heterocycles. The molecule has 1 aromatic heterocycles. The van der Waals surface area contributed by atoms with Gasteiger partial charge in [0.25, 0.3) is 0 Å². The number of alkyl halides is 2. The van der Waals surface area contributed by atoms with Crippen LogP contribution in [-0.4, -0.2) is 16.6 Å². The highest BCUT2D eigenvalue weighted by atomic mass is 19.3. The Kier molecular flexibility index (Phi) is 5.14. The van der Waals surface area contributed by atoms with Crippen LogP contribution in [0.5, 0.6) is 5.75 Å². The Bertz CT molecular complexity index is 842. The van der Waals surface area contributed by atoms with E-state index in [-0.39, 0.29) is 5.75 Å². The van der Waals surface area contributed by atoms with Gasteiger partial charge in [0.15, 0.2) is 5.82 Å². The van der Waals surface area contributed by atoms with E-state index in [1.807, 2.05) is 43.3 Å². The fourth-order valence-electron chi connectivity index (χ4n) is 2.24. The summed E-state index contributed by atoms with van der Waals surface area (Å²) < 4.78 is 28.6. The molecule has 0 atom stereocenters. The van der Waals surface area contributed by atoms with Crippen LogP contribution in [0.15, 0.2) is 60.9 Å². The molecule has 0 saturated carbocycles. The maximum atomic E-state index is 12.1. The van der Waals surface area contributed by atoms with Crippen molar-refractivity contribution in [1.29, 1.82) is 0 Å². The Labute approximate surface area is 144 Å². The Morgan fingerprint density at radius 2 is 1.36 bits per heavy atom. The lowest BCUT2D eigenvalue weighted by Gasteiger charge is -2.04. The van der Waals surface area contributed by atoms with Crippen LogP contribution in [0.2, 0.25) is 0 Å². The number of aromatic nitrogens is 2. The molecule has 126 valence electrons. The van der Waals surface area contributed by atoms with Gasteiger partial charge in [0.2, 0.25) is 0 Å². The third-order valence-corrected chi connectivity index (χ3v) is 3.52. The fraction of sp³-hybridized carbons (Fsp3) is 0.100. The molecule has 0 spiro atoms. The van der Waals surface area contributed by atoms with E-state index in [2.05, 4.69) is 14.7 Å². The summed E-state index contributed by atoms with van der Waals surface area (Å²) in [5.41, 5.74) is 3.88. The maximum absolute atomic E-state index is 12.1. The van der Waals surface area contributed by atoms with Gasteiger partial charge in [-0.3, -0.25) is 0 Å². The minimum Gasteiger partial charge on any atom is -0.435 e. The van der Waals surface area contributed by atoms with Gasteiger partial charge >= 0.3 is 6.61 Å². The predicted molar refractivity (Wildman–Crippen MR) is 94.2 cm³/mol. The summed E-state index contributed by atoms with van der Waals surface area (Å²) in [6.07, 6.45) is 7.43. The first-order valence-corrected chi connectivity index (χ1v) is 7.72. The molecule has 3 nitrogen and oxygen atoms in total. The van der Waals surface area contributed by atoms with Gasteiger partial charge in [-0.15, -0.1) is 0 Å². The lowest BCUT2D eigenvalue weighted by Crippen LogP contribution is -2.01. The SMILES string of the molecule is Cc1cnc(-c2ccc(/C=C/c3ccc(OC(F)F)cc3)cc2)nc1. The molecule has 0 N–H and O–H groups in total. The lowest BCUT2D eigenvalue weighted by atomic mass is 10.1. The average Bonchev–Trinajstić information content (AvgIpc) is 2.62. The van der Waals surface area contributed by atoms with E-state index < -0.39 is 6.61 Å². The molecular formula is C20H16F2N2O. The summed E-state index contributed by atoms with van der Waals surface area (Å²) in [6.45, 7) is -0.860. The van der Waals surface area contributed by atoms with E-state index in [0.717, 1.165) is 22.3 Å².